The van der Waals surface area contributed by atoms with E-state index in [1.54, 1.807) is 6.07 Å². The van der Waals surface area contributed by atoms with Gasteiger partial charge in [-0.3, -0.25) is 4.79 Å². The van der Waals surface area contributed by atoms with E-state index in [2.05, 4.69) is 37.0 Å². The Hall–Kier alpha value is -2.16. The molecule has 0 unspecified atom stereocenters. The molecule has 20 heavy (non-hydrogen) atoms. The zero-order chi connectivity index (χ0) is 14.7. The maximum atomic E-state index is 10.7. The molecular weight excluding hydrogens is 250 g/mol. The third kappa shape index (κ3) is 3.05. The molecule has 2 rings (SSSR count). The lowest BCUT2D eigenvalue weighted by molar-refractivity contribution is 0.112. The standard InChI is InChI=1S/C17H19NO2/c1-11(2)15-6-5-12(3)16(8-15)20-17-13(4)7-14(10-19)9-18-17/h5-11H,1-4H3. The minimum atomic E-state index is 0.449. The summed E-state index contributed by atoms with van der Waals surface area (Å²) in [5.74, 6) is 1.80. The Morgan fingerprint density at radius 2 is 1.90 bits per heavy atom. The first-order chi connectivity index (χ1) is 9.51. The fourth-order valence-electron chi connectivity index (χ4n) is 1.95. The predicted octanol–water partition coefficient (Wildman–Crippen LogP) is 4.43. The summed E-state index contributed by atoms with van der Waals surface area (Å²) in [7, 11) is 0. The number of ether oxygens (including phenoxy) is 1. The number of aldehydes is 1. The van der Waals surface area contributed by atoms with E-state index in [1.165, 1.54) is 11.8 Å². The van der Waals surface area contributed by atoms with Gasteiger partial charge in [-0.1, -0.05) is 26.0 Å². The Morgan fingerprint density at radius 1 is 1.15 bits per heavy atom. The number of carbonyl (C=O) groups is 1. The zero-order valence-electron chi connectivity index (χ0n) is 12.3. The third-order valence-electron chi connectivity index (χ3n) is 3.27. The molecule has 0 fully saturated rings. The monoisotopic (exact) mass is 269 g/mol. The molecule has 0 spiro atoms. The third-order valence-corrected chi connectivity index (χ3v) is 3.27. The first-order valence-electron chi connectivity index (χ1n) is 6.71. The van der Waals surface area contributed by atoms with Gasteiger partial charge in [0.1, 0.15) is 5.75 Å². The number of aryl methyl sites for hydroxylation is 2. The maximum Gasteiger partial charge on any atom is 0.222 e. The van der Waals surface area contributed by atoms with E-state index >= 15 is 0 Å². The van der Waals surface area contributed by atoms with Gasteiger partial charge in [0.15, 0.2) is 6.29 Å². The minimum absolute atomic E-state index is 0.449. The molecule has 0 aliphatic carbocycles. The summed E-state index contributed by atoms with van der Waals surface area (Å²) >= 11 is 0. The molecule has 1 heterocycles. The van der Waals surface area contributed by atoms with Crippen LogP contribution in [0.1, 0.15) is 46.8 Å². The highest BCUT2D eigenvalue weighted by atomic mass is 16.5. The van der Waals surface area contributed by atoms with Crippen molar-refractivity contribution in [1.29, 1.82) is 0 Å². The van der Waals surface area contributed by atoms with Crippen molar-refractivity contribution in [2.45, 2.75) is 33.6 Å². The summed E-state index contributed by atoms with van der Waals surface area (Å²) in [5.41, 5.74) is 3.70. The second kappa shape index (κ2) is 5.87. The van der Waals surface area contributed by atoms with Gasteiger partial charge in [0, 0.05) is 17.3 Å². The number of nitrogens with zero attached hydrogens (tertiary/aromatic N) is 1. The number of aromatic nitrogens is 1. The van der Waals surface area contributed by atoms with E-state index in [1.807, 2.05) is 13.8 Å². The van der Waals surface area contributed by atoms with Crippen LogP contribution in [0.25, 0.3) is 0 Å². The van der Waals surface area contributed by atoms with E-state index in [-0.39, 0.29) is 0 Å². The van der Waals surface area contributed by atoms with Gasteiger partial charge in [0.05, 0.1) is 0 Å². The first kappa shape index (κ1) is 14.3. The van der Waals surface area contributed by atoms with E-state index in [9.17, 15) is 4.79 Å². The SMILES string of the molecule is Cc1ccc(C(C)C)cc1Oc1ncc(C=O)cc1C. The fraction of sp³-hybridized carbons (Fsp3) is 0.294. The first-order valence-corrected chi connectivity index (χ1v) is 6.71. The Kier molecular flexibility index (Phi) is 4.18. The number of rotatable bonds is 4. The Balaban J connectivity index is 2.34. The van der Waals surface area contributed by atoms with Crippen molar-refractivity contribution < 1.29 is 9.53 Å². The van der Waals surface area contributed by atoms with Crippen LogP contribution in [0, 0.1) is 13.8 Å². The van der Waals surface area contributed by atoms with Gasteiger partial charge < -0.3 is 4.74 Å². The molecule has 3 nitrogen and oxygen atoms in total. The second-order valence-corrected chi connectivity index (χ2v) is 5.29. The molecule has 3 heteroatoms. The van der Waals surface area contributed by atoms with Crippen molar-refractivity contribution in [2.75, 3.05) is 0 Å². The van der Waals surface area contributed by atoms with Crippen LogP contribution in [0.2, 0.25) is 0 Å². The van der Waals surface area contributed by atoms with Crippen LogP contribution in [0.15, 0.2) is 30.5 Å². The molecule has 0 aliphatic rings. The Morgan fingerprint density at radius 3 is 2.50 bits per heavy atom. The van der Waals surface area contributed by atoms with Crippen LogP contribution in [-0.2, 0) is 0 Å². The smallest absolute Gasteiger partial charge is 0.222 e. The van der Waals surface area contributed by atoms with Gasteiger partial charge in [-0.05, 0) is 43.0 Å². The minimum Gasteiger partial charge on any atom is -0.438 e. The normalized spacial score (nSPS) is 10.7. The number of hydrogen-bond acceptors (Lipinski definition) is 3. The Labute approximate surface area is 119 Å². The van der Waals surface area contributed by atoms with E-state index in [4.69, 9.17) is 4.74 Å². The molecule has 0 saturated heterocycles. The molecule has 0 radical (unpaired) electrons. The maximum absolute atomic E-state index is 10.7. The fourth-order valence-corrected chi connectivity index (χ4v) is 1.95. The number of carbonyl (C=O) groups excluding carboxylic acids is 1. The van der Waals surface area contributed by atoms with E-state index in [0.717, 1.165) is 23.2 Å². The van der Waals surface area contributed by atoms with Crippen LogP contribution in [0.3, 0.4) is 0 Å². The van der Waals surface area contributed by atoms with Crippen molar-refractivity contribution in [3.8, 4) is 11.6 Å². The van der Waals surface area contributed by atoms with Gasteiger partial charge in [-0.2, -0.15) is 0 Å². The number of hydrogen-bond donors (Lipinski definition) is 0. The van der Waals surface area contributed by atoms with Crippen LogP contribution in [0.5, 0.6) is 11.6 Å². The summed E-state index contributed by atoms with van der Waals surface area (Å²) in [5, 5.41) is 0. The average molecular weight is 269 g/mol. The summed E-state index contributed by atoms with van der Waals surface area (Å²) in [4.78, 5) is 14.9. The van der Waals surface area contributed by atoms with Gasteiger partial charge in [0.2, 0.25) is 5.88 Å². The van der Waals surface area contributed by atoms with Gasteiger partial charge in [-0.25, -0.2) is 4.98 Å². The summed E-state index contributed by atoms with van der Waals surface area (Å²) < 4.78 is 5.90. The predicted molar refractivity (Wildman–Crippen MR) is 79.7 cm³/mol. The van der Waals surface area contributed by atoms with Crippen molar-refractivity contribution >= 4 is 6.29 Å². The summed E-state index contributed by atoms with van der Waals surface area (Å²) in [6.07, 6.45) is 2.31. The highest BCUT2D eigenvalue weighted by Crippen LogP contribution is 2.29. The highest BCUT2D eigenvalue weighted by Gasteiger charge is 2.09. The average Bonchev–Trinajstić information content (AvgIpc) is 2.42. The molecular formula is C17H19NO2. The summed E-state index contributed by atoms with van der Waals surface area (Å²) in [6, 6.07) is 7.99. The molecule has 2 aromatic rings. The molecule has 0 amide bonds. The lowest BCUT2D eigenvalue weighted by atomic mass is 10.0. The number of benzene rings is 1. The van der Waals surface area contributed by atoms with Crippen molar-refractivity contribution in [2.24, 2.45) is 0 Å². The molecule has 0 bridgehead atoms. The van der Waals surface area contributed by atoms with Crippen LogP contribution < -0.4 is 4.74 Å². The molecule has 0 atom stereocenters. The summed E-state index contributed by atoms with van der Waals surface area (Å²) in [6.45, 7) is 8.19. The molecule has 0 aliphatic heterocycles. The number of pyridine rings is 1. The van der Waals surface area contributed by atoms with Crippen molar-refractivity contribution in [1.82, 2.24) is 4.98 Å². The van der Waals surface area contributed by atoms with Gasteiger partial charge in [0.25, 0.3) is 0 Å². The molecule has 104 valence electrons. The molecule has 0 N–H and O–H groups in total. The van der Waals surface area contributed by atoms with Crippen molar-refractivity contribution in [3.05, 3.63) is 52.7 Å². The topological polar surface area (TPSA) is 39.2 Å². The lowest BCUT2D eigenvalue weighted by Gasteiger charge is -2.13. The highest BCUT2D eigenvalue weighted by molar-refractivity contribution is 5.74. The van der Waals surface area contributed by atoms with Crippen LogP contribution in [-0.4, -0.2) is 11.3 Å². The lowest BCUT2D eigenvalue weighted by Crippen LogP contribution is -1.96. The van der Waals surface area contributed by atoms with Crippen LogP contribution in [0.4, 0.5) is 0 Å². The molecule has 1 aromatic heterocycles. The second-order valence-electron chi connectivity index (χ2n) is 5.29. The van der Waals surface area contributed by atoms with Crippen molar-refractivity contribution in [3.63, 3.8) is 0 Å². The van der Waals surface area contributed by atoms with Crippen LogP contribution >= 0.6 is 0 Å². The quantitative estimate of drug-likeness (QED) is 0.771. The molecule has 0 saturated carbocycles. The molecule has 1 aromatic carbocycles. The van der Waals surface area contributed by atoms with E-state index < -0.39 is 0 Å². The van der Waals surface area contributed by atoms with E-state index in [0.29, 0.717) is 17.4 Å². The largest absolute Gasteiger partial charge is 0.438 e. The Bertz CT molecular complexity index is 633. The van der Waals surface area contributed by atoms with Gasteiger partial charge >= 0.3 is 0 Å². The zero-order valence-corrected chi connectivity index (χ0v) is 12.3. The van der Waals surface area contributed by atoms with Gasteiger partial charge in [-0.15, -0.1) is 0 Å².